The van der Waals surface area contributed by atoms with Gasteiger partial charge < -0.3 is 0 Å². The molecule has 0 aromatic heterocycles. The maximum Gasteiger partial charge on any atom is 0.179 e. The van der Waals surface area contributed by atoms with Gasteiger partial charge in [-0.15, -0.1) is 0 Å². The number of hydrogen-bond donors (Lipinski definition) is 0. The molecule has 0 heterocycles. The van der Waals surface area contributed by atoms with Crippen LogP contribution < -0.4 is 0 Å². The summed E-state index contributed by atoms with van der Waals surface area (Å²) in [6.45, 7) is 27.0. The number of ketones is 1. The molecule has 0 radical (unpaired) electrons. The highest BCUT2D eigenvalue weighted by atomic mass is 32.1. The van der Waals surface area contributed by atoms with Gasteiger partial charge in [-0.2, -0.15) is 0 Å². The van der Waals surface area contributed by atoms with Crippen LogP contribution in [0.4, 0.5) is 0 Å². The first-order chi connectivity index (χ1) is 17.6. The smallest absolute Gasteiger partial charge is 0.179 e. The minimum Gasteiger partial charge on any atom is -0.290 e. The van der Waals surface area contributed by atoms with Gasteiger partial charge in [-0.3, -0.25) is 4.79 Å². The lowest BCUT2D eigenvalue weighted by molar-refractivity contribution is -0.110. The van der Waals surface area contributed by atoms with Crippen LogP contribution in [-0.4, -0.2) is 10.6 Å². The Hall–Kier alpha value is -2.32. The standard InChI is InChI=1S/C36H48OS/c1-19(2)25-13-28(21(5)6)34(29(14-25)22(7)8)32-17-27(37)18-33(36(32)38)35-30(23(9)10)15-26(20(3)4)16-31(35)24(11)12/h13-24H,1-12H3. The fraction of sp³-hybridized carbons (Fsp3) is 0.500. The van der Waals surface area contributed by atoms with Crippen LogP contribution in [0.1, 0.15) is 163 Å². The van der Waals surface area contributed by atoms with Crippen LogP contribution in [0, 0.1) is 0 Å². The Bertz CT molecular complexity index is 1140. The van der Waals surface area contributed by atoms with Crippen molar-refractivity contribution in [2.75, 3.05) is 0 Å². The van der Waals surface area contributed by atoms with Crippen LogP contribution in [0.5, 0.6) is 0 Å². The second-order valence-corrected chi connectivity index (χ2v) is 13.3. The van der Waals surface area contributed by atoms with E-state index in [0.29, 0.717) is 35.5 Å². The number of carbonyl (C=O) groups excluding carboxylic acids is 1. The zero-order chi connectivity index (χ0) is 28.6. The van der Waals surface area contributed by atoms with Crippen molar-refractivity contribution in [3.8, 4) is 0 Å². The summed E-state index contributed by atoms with van der Waals surface area (Å²) in [6, 6.07) is 9.38. The molecule has 38 heavy (non-hydrogen) atoms. The fourth-order valence-electron chi connectivity index (χ4n) is 5.51. The van der Waals surface area contributed by atoms with Crippen LogP contribution in [0.3, 0.4) is 0 Å². The summed E-state index contributed by atoms with van der Waals surface area (Å²) >= 11 is 6.33. The van der Waals surface area contributed by atoms with Gasteiger partial charge in [0.05, 0.1) is 4.86 Å². The van der Waals surface area contributed by atoms with Crippen LogP contribution in [0.2, 0.25) is 0 Å². The second kappa shape index (κ2) is 11.8. The van der Waals surface area contributed by atoms with E-state index in [1.807, 2.05) is 0 Å². The lowest BCUT2D eigenvalue weighted by Crippen LogP contribution is -2.18. The Kier molecular flexibility index (Phi) is 9.40. The van der Waals surface area contributed by atoms with Crippen LogP contribution in [0.15, 0.2) is 36.4 Å². The third-order valence-corrected chi connectivity index (χ3v) is 8.31. The van der Waals surface area contributed by atoms with Crippen LogP contribution in [-0.2, 0) is 4.79 Å². The quantitative estimate of drug-likeness (QED) is 0.317. The largest absolute Gasteiger partial charge is 0.290 e. The Morgan fingerprint density at radius 3 is 0.947 bits per heavy atom. The Labute approximate surface area is 237 Å². The maximum atomic E-state index is 13.4. The molecular weight excluding hydrogens is 480 g/mol. The van der Waals surface area contributed by atoms with Crippen molar-refractivity contribution in [2.24, 2.45) is 0 Å². The van der Waals surface area contributed by atoms with E-state index in [4.69, 9.17) is 12.2 Å². The highest BCUT2D eigenvalue weighted by molar-refractivity contribution is 7.82. The van der Waals surface area contributed by atoms with E-state index in [2.05, 4.69) is 107 Å². The van der Waals surface area contributed by atoms with E-state index in [-0.39, 0.29) is 5.78 Å². The van der Waals surface area contributed by atoms with E-state index in [9.17, 15) is 4.79 Å². The maximum absolute atomic E-state index is 13.4. The second-order valence-electron chi connectivity index (χ2n) is 12.9. The molecule has 1 nitrogen and oxygen atoms in total. The molecular formula is C36H48OS. The van der Waals surface area contributed by atoms with Gasteiger partial charge in [-0.1, -0.05) is 120 Å². The van der Waals surface area contributed by atoms with Crippen molar-refractivity contribution in [2.45, 2.75) is 119 Å². The van der Waals surface area contributed by atoms with Gasteiger partial charge in [0.15, 0.2) is 5.78 Å². The Morgan fingerprint density at radius 2 is 0.737 bits per heavy atom. The van der Waals surface area contributed by atoms with E-state index >= 15 is 0 Å². The SMILES string of the molecule is CC(C)c1cc(C(C)C)c(C2=CC(=O)C=C(c3c(C(C)C)cc(C(C)C)cc3C(C)C)C2=S)c(C(C)C)c1. The molecule has 1 aliphatic carbocycles. The van der Waals surface area contributed by atoms with E-state index < -0.39 is 0 Å². The molecule has 0 fully saturated rings. The number of allylic oxidation sites excluding steroid dienone is 4. The summed E-state index contributed by atoms with van der Waals surface area (Å²) in [5, 5.41) is 0. The average molecular weight is 529 g/mol. The lowest BCUT2D eigenvalue weighted by Gasteiger charge is -2.29. The van der Waals surface area contributed by atoms with Crippen molar-refractivity contribution in [1.29, 1.82) is 0 Å². The summed E-state index contributed by atoms with van der Waals surface area (Å²) in [5.41, 5.74) is 12.0. The normalized spacial score (nSPS) is 14.6. The van der Waals surface area contributed by atoms with Crippen molar-refractivity contribution in [3.63, 3.8) is 0 Å². The first-order valence-electron chi connectivity index (χ1n) is 14.5. The summed E-state index contributed by atoms with van der Waals surface area (Å²) in [7, 11) is 0. The van der Waals surface area contributed by atoms with Crippen molar-refractivity contribution >= 4 is 34.0 Å². The zero-order valence-electron chi connectivity index (χ0n) is 25.7. The van der Waals surface area contributed by atoms with E-state index in [1.165, 1.54) is 44.5 Å². The number of thiocarbonyl (C=S) groups is 1. The number of carbonyl (C=O) groups is 1. The summed E-state index contributed by atoms with van der Waals surface area (Å²) in [5.74, 6) is 2.16. The first kappa shape index (κ1) is 30.2. The highest BCUT2D eigenvalue weighted by Gasteiger charge is 2.30. The average Bonchev–Trinajstić information content (AvgIpc) is 2.83. The Morgan fingerprint density at radius 1 is 0.474 bits per heavy atom. The summed E-state index contributed by atoms with van der Waals surface area (Å²) in [4.78, 5) is 14.2. The molecule has 2 heteroatoms. The molecule has 3 rings (SSSR count). The topological polar surface area (TPSA) is 17.1 Å². The summed E-state index contributed by atoms with van der Waals surface area (Å²) < 4.78 is 0. The summed E-state index contributed by atoms with van der Waals surface area (Å²) in [6.07, 6.45) is 3.58. The number of rotatable bonds is 8. The van der Waals surface area contributed by atoms with E-state index in [0.717, 1.165) is 16.0 Å². The molecule has 0 bridgehead atoms. The van der Waals surface area contributed by atoms with Gasteiger partial charge in [0.1, 0.15) is 0 Å². The highest BCUT2D eigenvalue weighted by Crippen LogP contribution is 2.43. The minimum atomic E-state index is 0.0262. The molecule has 0 aliphatic heterocycles. The first-order valence-corrected chi connectivity index (χ1v) is 14.9. The molecule has 1 aliphatic rings. The molecule has 0 spiro atoms. The van der Waals surface area contributed by atoms with Crippen LogP contribution in [0.25, 0.3) is 11.1 Å². The molecule has 0 N–H and O–H groups in total. The minimum absolute atomic E-state index is 0.0262. The molecule has 204 valence electrons. The number of benzene rings is 2. The molecule has 0 amide bonds. The molecule has 0 unspecified atom stereocenters. The Balaban J connectivity index is 2.35. The monoisotopic (exact) mass is 528 g/mol. The zero-order valence-corrected chi connectivity index (χ0v) is 26.6. The third kappa shape index (κ3) is 5.96. The van der Waals surface area contributed by atoms with E-state index in [1.54, 1.807) is 12.2 Å². The van der Waals surface area contributed by atoms with Gasteiger partial charge in [0.2, 0.25) is 0 Å². The predicted octanol–water partition coefficient (Wildman–Crippen LogP) is 10.8. The van der Waals surface area contributed by atoms with Crippen molar-refractivity contribution in [1.82, 2.24) is 0 Å². The fourth-order valence-corrected chi connectivity index (χ4v) is 5.83. The molecule has 2 aromatic rings. The van der Waals surface area contributed by atoms with Crippen molar-refractivity contribution in [3.05, 3.63) is 80.9 Å². The predicted molar refractivity (Wildman–Crippen MR) is 171 cm³/mol. The van der Waals surface area contributed by atoms with Gasteiger partial charge in [-0.05, 0) is 92.2 Å². The van der Waals surface area contributed by atoms with Crippen molar-refractivity contribution < 1.29 is 4.79 Å². The van der Waals surface area contributed by atoms with Gasteiger partial charge in [-0.25, -0.2) is 0 Å². The van der Waals surface area contributed by atoms with Gasteiger partial charge in [0.25, 0.3) is 0 Å². The molecule has 2 aromatic carbocycles. The lowest BCUT2D eigenvalue weighted by atomic mass is 9.75. The molecule has 0 atom stereocenters. The number of hydrogen-bond acceptors (Lipinski definition) is 2. The van der Waals surface area contributed by atoms with Gasteiger partial charge >= 0.3 is 0 Å². The van der Waals surface area contributed by atoms with Gasteiger partial charge in [0, 0.05) is 11.1 Å². The molecule has 0 saturated heterocycles. The molecule has 0 saturated carbocycles. The van der Waals surface area contributed by atoms with Crippen LogP contribution >= 0.6 is 12.2 Å². The third-order valence-electron chi connectivity index (χ3n) is 7.87.